The fraction of sp³-hybridized carbons (Fsp3) is 0.500. The van der Waals surface area contributed by atoms with Crippen LogP contribution in [0.5, 0.6) is 11.5 Å². The summed E-state index contributed by atoms with van der Waals surface area (Å²) in [4.78, 5) is 11.1. The second-order valence-corrected chi connectivity index (χ2v) is 5.20. The number of hydrogen-bond acceptors (Lipinski definition) is 3. The van der Waals surface area contributed by atoms with E-state index in [1.807, 2.05) is 6.92 Å². The Morgan fingerprint density at radius 2 is 1.89 bits per heavy atom. The highest BCUT2D eigenvalue weighted by atomic mass is 16.5. The zero-order chi connectivity index (χ0) is 14.1. The Kier molecular flexibility index (Phi) is 3.89. The number of rotatable bonds is 4. The molecule has 0 heterocycles. The number of phenols is 1. The molecule has 1 aromatic rings. The number of ether oxygens (including phenoxy) is 1. The topological polar surface area (TPSA) is 66.8 Å². The lowest BCUT2D eigenvalue weighted by Gasteiger charge is -2.21. The van der Waals surface area contributed by atoms with Gasteiger partial charge in [0, 0.05) is 0 Å². The van der Waals surface area contributed by atoms with E-state index in [2.05, 4.69) is 0 Å². The number of carbonyl (C=O) groups is 1. The van der Waals surface area contributed by atoms with Gasteiger partial charge in [0.25, 0.3) is 0 Å². The average Bonchev–Trinajstić information content (AvgIpc) is 2.29. The van der Waals surface area contributed by atoms with Crippen LogP contribution in [0.1, 0.15) is 30.5 Å². The van der Waals surface area contributed by atoms with Gasteiger partial charge in [0.05, 0.1) is 12.5 Å². The zero-order valence-electron chi connectivity index (χ0n) is 11.5. The number of aromatic hydroxyl groups is 1. The molecule has 4 nitrogen and oxygen atoms in total. The zero-order valence-corrected chi connectivity index (χ0v) is 11.5. The van der Waals surface area contributed by atoms with Crippen LogP contribution in [0.4, 0.5) is 0 Å². The van der Waals surface area contributed by atoms with Gasteiger partial charge in [0.2, 0.25) is 0 Å². The fourth-order valence-corrected chi connectivity index (χ4v) is 1.84. The van der Waals surface area contributed by atoms with Crippen molar-refractivity contribution in [1.82, 2.24) is 0 Å². The quantitative estimate of drug-likeness (QED) is 0.864. The normalized spacial score (nSPS) is 11.4. The first kappa shape index (κ1) is 14.4. The Balaban J connectivity index is 3.26. The number of benzene rings is 1. The molecule has 0 bridgehead atoms. The van der Waals surface area contributed by atoms with Gasteiger partial charge >= 0.3 is 5.97 Å². The summed E-state index contributed by atoms with van der Waals surface area (Å²) in [6.07, 6.45) is 0.256. The first-order valence-electron chi connectivity index (χ1n) is 5.80. The summed E-state index contributed by atoms with van der Waals surface area (Å²) >= 11 is 0. The van der Waals surface area contributed by atoms with E-state index in [9.17, 15) is 9.90 Å². The van der Waals surface area contributed by atoms with E-state index in [-0.39, 0.29) is 12.2 Å². The number of phenolic OH excluding ortho intramolecular Hbond substituents is 1. The van der Waals surface area contributed by atoms with E-state index in [0.717, 1.165) is 11.1 Å². The van der Waals surface area contributed by atoms with Crippen molar-refractivity contribution in [2.24, 2.45) is 5.41 Å². The molecule has 2 N–H and O–H groups in total. The van der Waals surface area contributed by atoms with Gasteiger partial charge in [-0.2, -0.15) is 0 Å². The van der Waals surface area contributed by atoms with E-state index >= 15 is 0 Å². The Labute approximate surface area is 107 Å². The smallest absolute Gasteiger partial charge is 0.309 e. The molecule has 0 unspecified atom stereocenters. The second-order valence-electron chi connectivity index (χ2n) is 5.20. The minimum absolute atomic E-state index is 0.155. The molecule has 0 aliphatic rings. The Bertz CT molecular complexity index is 475. The molecule has 0 aromatic heterocycles. The van der Waals surface area contributed by atoms with Crippen molar-refractivity contribution in [3.05, 3.63) is 22.8 Å². The summed E-state index contributed by atoms with van der Waals surface area (Å²) in [6.45, 7) is 6.93. The van der Waals surface area contributed by atoms with Crippen molar-refractivity contribution in [1.29, 1.82) is 0 Å². The summed E-state index contributed by atoms with van der Waals surface area (Å²) in [5.74, 6) is -0.0665. The van der Waals surface area contributed by atoms with Crippen LogP contribution >= 0.6 is 0 Å². The van der Waals surface area contributed by atoms with Crippen LogP contribution in [-0.2, 0) is 11.2 Å². The van der Waals surface area contributed by atoms with Crippen molar-refractivity contribution in [3.63, 3.8) is 0 Å². The van der Waals surface area contributed by atoms with E-state index in [0.29, 0.717) is 11.3 Å². The van der Waals surface area contributed by atoms with Crippen LogP contribution in [0.2, 0.25) is 0 Å². The molecule has 0 saturated heterocycles. The molecule has 0 saturated carbocycles. The maximum Gasteiger partial charge on any atom is 0.309 e. The molecule has 100 valence electrons. The van der Waals surface area contributed by atoms with E-state index in [4.69, 9.17) is 9.84 Å². The Hall–Kier alpha value is -1.71. The molecule has 4 heteroatoms. The van der Waals surface area contributed by atoms with Crippen LogP contribution in [-0.4, -0.2) is 23.3 Å². The first-order valence-corrected chi connectivity index (χ1v) is 5.80. The highest BCUT2D eigenvalue weighted by Crippen LogP contribution is 2.36. The van der Waals surface area contributed by atoms with Crippen molar-refractivity contribution in [2.45, 2.75) is 34.1 Å². The fourth-order valence-electron chi connectivity index (χ4n) is 1.84. The molecule has 1 rings (SSSR count). The van der Waals surface area contributed by atoms with E-state index in [1.54, 1.807) is 33.9 Å². The maximum atomic E-state index is 11.1. The molecule has 0 fully saturated rings. The Morgan fingerprint density at radius 3 is 2.33 bits per heavy atom. The van der Waals surface area contributed by atoms with E-state index < -0.39 is 11.4 Å². The molecule has 0 atom stereocenters. The van der Waals surface area contributed by atoms with Crippen LogP contribution in [0, 0.1) is 19.3 Å². The van der Waals surface area contributed by atoms with Gasteiger partial charge in [-0.1, -0.05) is 0 Å². The minimum atomic E-state index is -0.926. The molecular formula is C14H20O4. The van der Waals surface area contributed by atoms with E-state index in [1.165, 1.54) is 0 Å². The van der Waals surface area contributed by atoms with Crippen LogP contribution in [0.15, 0.2) is 6.07 Å². The standard InChI is InChI=1S/C14H20O4/c1-8-9(2)12(15)10(6-11(8)18-5)7-14(3,4)13(16)17/h6,15H,7H2,1-5H3,(H,16,17). The maximum absolute atomic E-state index is 11.1. The number of carboxylic acids is 1. The minimum Gasteiger partial charge on any atom is -0.507 e. The summed E-state index contributed by atoms with van der Waals surface area (Å²) in [6, 6.07) is 1.71. The van der Waals surface area contributed by atoms with Crippen LogP contribution < -0.4 is 4.74 Å². The van der Waals surface area contributed by atoms with Crippen molar-refractivity contribution >= 4 is 5.97 Å². The summed E-state index contributed by atoms with van der Waals surface area (Å²) in [5.41, 5.74) is 1.27. The van der Waals surface area contributed by atoms with Gasteiger partial charge in [0.1, 0.15) is 11.5 Å². The summed E-state index contributed by atoms with van der Waals surface area (Å²) in [7, 11) is 1.56. The first-order chi connectivity index (χ1) is 8.20. The predicted octanol–water partition coefficient (Wildman–Crippen LogP) is 2.67. The summed E-state index contributed by atoms with van der Waals surface area (Å²) in [5, 5.41) is 19.2. The lowest BCUT2D eigenvalue weighted by molar-refractivity contribution is -0.146. The molecule has 1 aromatic carbocycles. The molecule has 0 aliphatic carbocycles. The molecule has 0 radical (unpaired) electrons. The third kappa shape index (κ3) is 2.58. The largest absolute Gasteiger partial charge is 0.507 e. The molecule has 0 spiro atoms. The number of aliphatic carboxylic acids is 1. The molecule has 18 heavy (non-hydrogen) atoms. The van der Waals surface area contributed by atoms with Gasteiger partial charge in [-0.25, -0.2) is 0 Å². The van der Waals surface area contributed by atoms with Crippen LogP contribution in [0.25, 0.3) is 0 Å². The van der Waals surface area contributed by atoms with Gasteiger partial charge in [-0.3, -0.25) is 4.79 Å². The third-order valence-electron chi connectivity index (χ3n) is 3.33. The highest BCUT2D eigenvalue weighted by Gasteiger charge is 2.29. The monoisotopic (exact) mass is 252 g/mol. The van der Waals surface area contributed by atoms with Crippen molar-refractivity contribution in [3.8, 4) is 11.5 Å². The number of carboxylic acid groups (broad SMARTS) is 1. The lowest BCUT2D eigenvalue weighted by Crippen LogP contribution is -2.26. The van der Waals surface area contributed by atoms with Gasteiger partial charge in [0.15, 0.2) is 0 Å². The molecule has 0 aliphatic heterocycles. The number of hydrogen-bond donors (Lipinski definition) is 2. The highest BCUT2D eigenvalue weighted by molar-refractivity contribution is 5.74. The summed E-state index contributed by atoms with van der Waals surface area (Å²) < 4.78 is 5.24. The third-order valence-corrected chi connectivity index (χ3v) is 3.33. The van der Waals surface area contributed by atoms with Gasteiger partial charge in [-0.15, -0.1) is 0 Å². The van der Waals surface area contributed by atoms with Crippen molar-refractivity contribution in [2.75, 3.05) is 7.11 Å². The van der Waals surface area contributed by atoms with Gasteiger partial charge < -0.3 is 14.9 Å². The average molecular weight is 252 g/mol. The second kappa shape index (κ2) is 4.88. The predicted molar refractivity (Wildman–Crippen MR) is 69.3 cm³/mol. The molecule has 0 amide bonds. The number of methoxy groups -OCH3 is 1. The Morgan fingerprint density at radius 1 is 1.33 bits per heavy atom. The van der Waals surface area contributed by atoms with Crippen LogP contribution in [0.3, 0.4) is 0 Å². The molecular weight excluding hydrogens is 232 g/mol. The van der Waals surface area contributed by atoms with Gasteiger partial charge in [-0.05, 0) is 56.9 Å². The lowest BCUT2D eigenvalue weighted by atomic mass is 9.84. The van der Waals surface area contributed by atoms with Crippen molar-refractivity contribution < 1.29 is 19.7 Å². The SMILES string of the molecule is COc1cc(CC(C)(C)C(=O)O)c(O)c(C)c1C.